The largest absolute Gasteiger partial charge is 0.497 e. The van der Waals surface area contributed by atoms with E-state index in [0.717, 1.165) is 35.3 Å². The Kier molecular flexibility index (Phi) is 3.34. The number of hydrogen-bond donors (Lipinski definition) is 0. The molecule has 1 unspecified atom stereocenters. The maximum Gasteiger partial charge on any atom is 0.181 e. The van der Waals surface area contributed by atoms with Gasteiger partial charge in [0.1, 0.15) is 17.3 Å². The molecule has 1 aliphatic heterocycles. The molecule has 5 nitrogen and oxygen atoms in total. The fourth-order valence-corrected chi connectivity index (χ4v) is 2.62. The van der Waals surface area contributed by atoms with Crippen molar-refractivity contribution in [2.75, 3.05) is 14.2 Å². The molecular formula is C15H19N3O2. The van der Waals surface area contributed by atoms with E-state index in [2.05, 4.69) is 12.0 Å². The highest BCUT2D eigenvalue weighted by Gasteiger charge is 2.21. The summed E-state index contributed by atoms with van der Waals surface area (Å²) in [5.41, 5.74) is 0.926. The zero-order chi connectivity index (χ0) is 14.1. The molecule has 5 heteroatoms. The Hall–Kier alpha value is -2.04. The summed E-state index contributed by atoms with van der Waals surface area (Å²) in [5, 5.41) is 4.62. The average Bonchev–Trinajstić information content (AvgIpc) is 2.92. The third kappa shape index (κ3) is 2.24. The molecule has 0 fully saturated rings. The van der Waals surface area contributed by atoms with Crippen LogP contribution in [0.15, 0.2) is 18.2 Å². The van der Waals surface area contributed by atoms with Crippen LogP contribution in [-0.4, -0.2) is 29.0 Å². The second-order valence-corrected chi connectivity index (χ2v) is 5.16. The number of fused-ring (bicyclic) bond motifs is 1. The summed E-state index contributed by atoms with van der Waals surface area (Å²) in [6.07, 6.45) is 2.35. The first-order valence-corrected chi connectivity index (χ1v) is 6.89. The molecule has 0 bridgehead atoms. The molecule has 1 aromatic heterocycles. The van der Waals surface area contributed by atoms with Gasteiger partial charge in [0.2, 0.25) is 0 Å². The molecule has 3 rings (SSSR count). The topological polar surface area (TPSA) is 49.2 Å². The Labute approximate surface area is 118 Å². The summed E-state index contributed by atoms with van der Waals surface area (Å²) in [6.45, 7) is 3.16. The highest BCUT2D eigenvalue weighted by atomic mass is 16.5. The van der Waals surface area contributed by atoms with E-state index in [1.807, 2.05) is 22.9 Å². The number of methoxy groups -OCH3 is 2. The van der Waals surface area contributed by atoms with Crippen molar-refractivity contribution in [3.05, 3.63) is 24.0 Å². The van der Waals surface area contributed by atoms with Crippen LogP contribution < -0.4 is 9.47 Å². The van der Waals surface area contributed by atoms with Crippen LogP contribution >= 0.6 is 0 Å². The molecule has 0 aliphatic carbocycles. The molecule has 2 heterocycles. The lowest BCUT2D eigenvalue weighted by atomic mass is 10.0. The van der Waals surface area contributed by atoms with Crippen molar-refractivity contribution in [2.24, 2.45) is 0 Å². The van der Waals surface area contributed by atoms with E-state index < -0.39 is 0 Å². The van der Waals surface area contributed by atoms with E-state index in [1.165, 1.54) is 12.8 Å². The minimum Gasteiger partial charge on any atom is -0.497 e. The molecule has 0 saturated heterocycles. The first-order valence-electron chi connectivity index (χ1n) is 6.89. The fourth-order valence-electron chi connectivity index (χ4n) is 2.62. The van der Waals surface area contributed by atoms with Crippen LogP contribution in [0.4, 0.5) is 0 Å². The first-order chi connectivity index (χ1) is 9.71. The van der Waals surface area contributed by atoms with Gasteiger partial charge in [-0.25, -0.2) is 9.67 Å². The zero-order valence-electron chi connectivity index (χ0n) is 12.1. The quantitative estimate of drug-likeness (QED) is 0.862. The third-order valence-corrected chi connectivity index (χ3v) is 3.76. The first kappa shape index (κ1) is 13.0. The number of nitrogens with zero attached hydrogens (tertiary/aromatic N) is 3. The van der Waals surface area contributed by atoms with Crippen molar-refractivity contribution in [3.63, 3.8) is 0 Å². The van der Waals surface area contributed by atoms with Gasteiger partial charge in [-0.3, -0.25) is 0 Å². The van der Waals surface area contributed by atoms with Crippen LogP contribution in [0.3, 0.4) is 0 Å². The van der Waals surface area contributed by atoms with E-state index in [0.29, 0.717) is 5.92 Å². The summed E-state index contributed by atoms with van der Waals surface area (Å²) >= 11 is 0. The molecular weight excluding hydrogens is 254 g/mol. The van der Waals surface area contributed by atoms with Gasteiger partial charge in [0.05, 0.1) is 14.2 Å². The Morgan fingerprint density at radius 3 is 2.45 bits per heavy atom. The van der Waals surface area contributed by atoms with Crippen LogP contribution in [0.1, 0.15) is 31.5 Å². The van der Waals surface area contributed by atoms with Crippen LogP contribution in [0.2, 0.25) is 0 Å². The van der Waals surface area contributed by atoms with E-state index in [4.69, 9.17) is 14.5 Å². The lowest BCUT2D eigenvalue weighted by Crippen LogP contribution is -2.14. The Morgan fingerprint density at radius 2 is 1.85 bits per heavy atom. The molecule has 1 aliphatic rings. The van der Waals surface area contributed by atoms with Crippen molar-refractivity contribution in [1.29, 1.82) is 0 Å². The predicted octanol–water partition coefficient (Wildman–Crippen LogP) is 2.86. The lowest BCUT2D eigenvalue weighted by molar-refractivity contribution is 0.394. The predicted molar refractivity (Wildman–Crippen MR) is 76.2 cm³/mol. The van der Waals surface area contributed by atoms with E-state index in [1.54, 1.807) is 14.2 Å². The molecule has 20 heavy (non-hydrogen) atoms. The summed E-state index contributed by atoms with van der Waals surface area (Å²) < 4.78 is 12.6. The van der Waals surface area contributed by atoms with Crippen LogP contribution in [0.25, 0.3) is 11.4 Å². The average molecular weight is 273 g/mol. The van der Waals surface area contributed by atoms with Crippen molar-refractivity contribution in [3.8, 4) is 22.9 Å². The minimum absolute atomic E-state index is 0.470. The number of aryl methyl sites for hydroxylation is 1. The maximum absolute atomic E-state index is 5.30. The van der Waals surface area contributed by atoms with E-state index in [-0.39, 0.29) is 0 Å². The van der Waals surface area contributed by atoms with E-state index in [9.17, 15) is 0 Å². The molecule has 106 valence electrons. The lowest BCUT2D eigenvalue weighted by Gasteiger charge is -2.17. The van der Waals surface area contributed by atoms with Gasteiger partial charge in [-0.1, -0.05) is 6.92 Å². The van der Waals surface area contributed by atoms with Gasteiger partial charge in [-0.05, 0) is 25.0 Å². The standard InChI is InChI=1S/C15H19N3O2/c1-10-5-4-6-18-15(10)16-14(17-18)11-7-12(19-2)9-13(8-11)20-3/h7-10H,4-6H2,1-3H3. The minimum atomic E-state index is 0.470. The summed E-state index contributed by atoms with van der Waals surface area (Å²) in [5.74, 6) is 3.79. The molecule has 0 spiro atoms. The highest BCUT2D eigenvalue weighted by Crippen LogP contribution is 2.31. The number of benzene rings is 1. The summed E-state index contributed by atoms with van der Waals surface area (Å²) in [7, 11) is 3.29. The van der Waals surface area contributed by atoms with Crippen LogP contribution in [0.5, 0.6) is 11.5 Å². The monoisotopic (exact) mass is 273 g/mol. The van der Waals surface area contributed by atoms with Crippen molar-refractivity contribution in [2.45, 2.75) is 32.2 Å². The van der Waals surface area contributed by atoms with Gasteiger partial charge in [0.25, 0.3) is 0 Å². The van der Waals surface area contributed by atoms with Crippen molar-refractivity contribution >= 4 is 0 Å². The number of aromatic nitrogens is 3. The van der Waals surface area contributed by atoms with Crippen LogP contribution in [0, 0.1) is 0 Å². The number of rotatable bonds is 3. The maximum atomic E-state index is 5.30. The molecule has 0 amide bonds. The molecule has 0 N–H and O–H groups in total. The molecule has 0 radical (unpaired) electrons. The molecule has 1 atom stereocenters. The SMILES string of the molecule is COc1cc(OC)cc(-c2nc3n(n2)CCCC3C)c1. The second kappa shape index (κ2) is 5.15. The smallest absolute Gasteiger partial charge is 0.181 e. The van der Waals surface area contributed by atoms with Crippen molar-refractivity contribution in [1.82, 2.24) is 14.8 Å². The number of ether oxygens (including phenoxy) is 2. The molecule has 1 aromatic carbocycles. The van der Waals surface area contributed by atoms with Gasteiger partial charge in [-0.2, -0.15) is 5.10 Å². The van der Waals surface area contributed by atoms with Gasteiger partial charge in [0.15, 0.2) is 5.82 Å². The highest BCUT2D eigenvalue weighted by molar-refractivity contribution is 5.60. The molecule has 2 aromatic rings. The molecule has 0 saturated carbocycles. The zero-order valence-corrected chi connectivity index (χ0v) is 12.1. The van der Waals surface area contributed by atoms with Gasteiger partial charge >= 0.3 is 0 Å². The summed E-state index contributed by atoms with van der Waals surface area (Å²) in [4.78, 5) is 4.69. The van der Waals surface area contributed by atoms with Gasteiger partial charge in [0, 0.05) is 24.1 Å². The third-order valence-electron chi connectivity index (χ3n) is 3.76. The van der Waals surface area contributed by atoms with Crippen LogP contribution in [-0.2, 0) is 6.54 Å². The Bertz CT molecular complexity index is 599. The van der Waals surface area contributed by atoms with Gasteiger partial charge in [-0.15, -0.1) is 0 Å². The fraction of sp³-hybridized carbons (Fsp3) is 0.467. The number of hydrogen-bond acceptors (Lipinski definition) is 4. The van der Waals surface area contributed by atoms with Crippen molar-refractivity contribution < 1.29 is 9.47 Å². The van der Waals surface area contributed by atoms with E-state index >= 15 is 0 Å². The Balaban J connectivity index is 2.04. The van der Waals surface area contributed by atoms with Gasteiger partial charge < -0.3 is 9.47 Å². The Morgan fingerprint density at radius 1 is 1.15 bits per heavy atom. The normalized spacial score (nSPS) is 17.6. The second-order valence-electron chi connectivity index (χ2n) is 5.16. The summed E-state index contributed by atoms with van der Waals surface area (Å²) in [6, 6.07) is 5.73.